The Morgan fingerprint density at radius 1 is 1.50 bits per heavy atom. The van der Waals surface area contributed by atoms with Gasteiger partial charge in [-0.15, -0.1) is 11.3 Å². The molecule has 0 amide bonds. The van der Waals surface area contributed by atoms with Crippen LogP contribution in [0.2, 0.25) is 5.02 Å². The maximum absolute atomic E-state index is 13.5. The molecule has 1 heterocycles. The van der Waals surface area contributed by atoms with Crippen LogP contribution in [0.5, 0.6) is 0 Å². The molecule has 20 heavy (non-hydrogen) atoms. The maximum atomic E-state index is 13.5. The zero-order valence-corrected chi connectivity index (χ0v) is 13.1. The van der Waals surface area contributed by atoms with Crippen LogP contribution in [0, 0.1) is 12.7 Å². The van der Waals surface area contributed by atoms with E-state index >= 15 is 0 Å². The monoisotopic (exact) mass is 314 g/mol. The average molecular weight is 315 g/mol. The second-order valence-corrected chi connectivity index (χ2v) is 5.79. The summed E-state index contributed by atoms with van der Waals surface area (Å²) in [7, 11) is 1.67. The number of aromatic nitrogens is 1. The van der Waals surface area contributed by atoms with Gasteiger partial charge in [0.25, 0.3) is 0 Å². The first-order chi connectivity index (χ1) is 9.52. The molecule has 1 aromatic carbocycles. The van der Waals surface area contributed by atoms with Gasteiger partial charge in [-0.25, -0.2) is 9.38 Å². The van der Waals surface area contributed by atoms with Crippen molar-refractivity contribution in [1.82, 2.24) is 4.57 Å². The quantitative estimate of drug-likeness (QED) is 0.835. The van der Waals surface area contributed by atoms with Gasteiger partial charge < -0.3 is 9.30 Å². The molecule has 0 radical (unpaired) electrons. The predicted molar refractivity (Wildman–Crippen MR) is 80.3 cm³/mol. The van der Waals surface area contributed by atoms with Gasteiger partial charge in [-0.3, -0.25) is 0 Å². The summed E-state index contributed by atoms with van der Waals surface area (Å²) >= 11 is 7.20. The van der Waals surface area contributed by atoms with Crippen LogP contribution < -0.4 is 4.80 Å². The first-order valence-corrected chi connectivity index (χ1v) is 7.44. The van der Waals surface area contributed by atoms with Gasteiger partial charge in [0.05, 0.1) is 23.4 Å². The number of halogens is 2. The van der Waals surface area contributed by atoms with Gasteiger partial charge in [0.15, 0.2) is 4.80 Å². The molecule has 6 heteroatoms. The fourth-order valence-corrected chi connectivity index (χ4v) is 3.10. The minimum absolute atomic E-state index is 0.104. The fraction of sp³-hybridized carbons (Fsp3) is 0.357. The van der Waals surface area contributed by atoms with Crippen molar-refractivity contribution in [2.75, 3.05) is 13.7 Å². The Balaban J connectivity index is 2.46. The van der Waals surface area contributed by atoms with Crippen LogP contribution in [0.4, 0.5) is 10.1 Å². The summed E-state index contributed by atoms with van der Waals surface area (Å²) in [6.45, 7) is 4.68. The van der Waals surface area contributed by atoms with Crippen molar-refractivity contribution in [1.29, 1.82) is 0 Å². The van der Waals surface area contributed by atoms with Crippen LogP contribution in [0.25, 0.3) is 0 Å². The van der Waals surface area contributed by atoms with E-state index in [-0.39, 0.29) is 11.1 Å². The Hall–Kier alpha value is -1.17. The summed E-state index contributed by atoms with van der Waals surface area (Å²) in [6, 6.07) is 4.72. The van der Waals surface area contributed by atoms with Crippen molar-refractivity contribution in [3.63, 3.8) is 0 Å². The standard InChI is InChI=1S/C14H16ClFN2OS/c1-9(7-19-3)18-10(2)8-20-14(18)17-11-4-5-12(15)13(16)6-11/h4-6,8-9H,7H2,1-3H3/t9-/m0/s1. The molecular formula is C14H16ClFN2OS. The summed E-state index contributed by atoms with van der Waals surface area (Å²) in [6.07, 6.45) is 0. The van der Waals surface area contributed by atoms with Crippen molar-refractivity contribution in [3.05, 3.63) is 44.9 Å². The number of thiazole rings is 1. The zero-order chi connectivity index (χ0) is 14.7. The Kier molecular flexibility index (Phi) is 4.96. The molecule has 0 aliphatic heterocycles. The number of methoxy groups -OCH3 is 1. The van der Waals surface area contributed by atoms with Crippen LogP contribution in [-0.2, 0) is 4.74 Å². The molecule has 0 bridgehead atoms. The topological polar surface area (TPSA) is 26.5 Å². The molecule has 0 N–H and O–H groups in total. The number of ether oxygens (including phenoxy) is 1. The van der Waals surface area contributed by atoms with Gasteiger partial charge in [0.1, 0.15) is 5.82 Å². The van der Waals surface area contributed by atoms with E-state index in [1.807, 2.05) is 12.3 Å². The molecule has 1 atom stereocenters. The Morgan fingerprint density at radius 2 is 2.25 bits per heavy atom. The molecule has 0 fully saturated rings. The van der Waals surface area contributed by atoms with Crippen molar-refractivity contribution in [2.24, 2.45) is 4.99 Å². The third kappa shape index (κ3) is 3.29. The van der Waals surface area contributed by atoms with E-state index in [0.29, 0.717) is 12.3 Å². The van der Waals surface area contributed by atoms with Gasteiger partial charge in [0.2, 0.25) is 0 Å². The lowest BCUT2D eigenvalue weighted by Crippen LogP contribution is -2.23. The van der Waals surface area contributed by atoms with E-state index in [4.69, 9.17) is 16.3 Å². The summed E-state index contributed by atoms with van der Waals surface area (Å²) in [4.78, 5) is 5.31. The van der Waals surface area contributed by atoms with Crippen molar-refractivity contribution >= 4 is 28.6 Å². The molecular weight excluding hydrogens is 299 g/mol. The molecule has 0 saturated carbocycles. The van der Waals surface area contributed by atoms with E-state index in [0.717, 1.165) is 10.5 Å². The van der Waals surface area contributed by atoms with Crippen molar-refractivity contribution in [3.8, 4) is 0 Å². The highest BCUT2D eigenvalue weighted by atomic mass is 35.5. The minimum Gasteiger partial charge on any atom is -0.383 e. The molecule has 2 aromatic rings. The molecule has 3 nitrogen and oxygen atoms in total. The molecule has 0 aliphatic rings. The molecule has 1 aromatic heterocycles. The first kappa shape index (κ1) is 15.2. The number of rotatable bonds is 4. The largest absolute Gasteiger partial charge is 0.383 e. The Morgan fingerprint density at radius 3 is 2.90 bits per heavy atom. The average Bonchev–Trinajstić information content (AvgIpc) is 2.75. The predicted octanol–water partition coefficient (Wildman–Crippen LogP) is 4.09. The lowest BCUT2D eigenvalue weighted by molar-refractivity contribution is 0.160. The summed E-state index contributed by atoms with van der Waals surface area (Å²) in [5.74, 6) is -0.460. The first-order valence-electron chi connectivity index (χ1n) is 6.18. The fourth-order valence-electron chi connectivity index (χ4n) is 2.00. The van der Waals surface area contributed by atoms with Gasteiger partial charge in [0, 0.05) is 24.3 Å². The van der Waals surface area contributed by atoms with E-state index < -0.39 is 5.82 Å². The molecule has 0 spiro atoms. The number of benzene rings is 1. The number of hydrogen-bond donors (Lipinski definition) is 0. The van der Waals surface area contributed by atoms with Crippen molar-refractivity contribution < 1.29 is 9.13 Å². The van der Waals surface area contributed by atoms with Gasteiger partial charge in [-0.1, -0.05) is 11.6 Å². The van der Waals surface area contributed by atoms with E-state index in [1.165, 1.54) is 23.5 Å². The van der Waals surface area contributed by atoms with Crippen molar-refractivity contribution in [2.45, 2.75) is 19.9 Å². The van der Waals surface area contributed by atoms with Crippen LogP contribution in [0.1, 0.15) is 18.7 Å². The number of nitrogens with zero attached hydrogens (tertiary/aromatic N) is 2. The highest BCUT2D eigenvalue weighted by Gasteiger charge is 2.10. The zero-order valence-electron chi connectivity index (χ0n) is 11.6. The third-order valence-corrected chi connectivity index (χ3v) is 4.16. The highest BCUT2D eigenvalue weighted by Crippen LogP contribution is 2.21. The van der Waals surface area contributed by atoms with Gasteiger partial charge in [-0.2, -0.15) is 0 Å². The second-order valence-electron chi connectivity index (χ2n) is 4.54. The van der Waals surface area contributed by atoms with Crippen LogP contribution in [-0.4, -0.2) is 18.3 Å². The molecule has 108 valence electrons. The van der Waals surface area contributed by atoms with Gasteiger partial charge >= 0.3 is 0 Å². The van der Waals surface area contributed by atoms with Crippen LogP contribution in [0.15, 0.2) is 28.6 Å². The molecule has 2 rings (SSSR count). The minimum atomic E-state index is -0.460. The molecule has 0 saturated heterocycles. The van der Waals surface area contributed by atoms with E-state index in [2.05, 4.69) is 16.5 Å². The Bertz CT molecular complexity index is 665. The lowest BCUT2D eigenvalue weighted by Gasteiger charge is -2.14. The smallest absolute Gasteiger partial charge is 0.190 e. The summed E-state index contributed by atoms with van der Waals surface area (Å²) in [5, 5.41) is 2.13. The molecule has 0 unspecified atom stereocenters. The lowest BCUT2D eigenvalue weighted by atomic mass is 10.3. The third-order valence-electron chi connectivity index (χ3n) is 2.90. The highest BCUT2D eigenvalue weighted by molar-refractivity contribution is 7.07. The van der Waals surface area contributed by atoms with Crippen LogP contribution >= 0.6 is 22.9 Å². The summed E-state index contributed by atoms with van der Waals surface area (Å²) < 4.78 is 20.7. The number of hydrogen-bond acceptors (Lipinski definition) is 3. The molecule has 0 aliphatic carbocycles. The van der Waals surface area contributed by atoms with Crippen LogP contribution in [0.3, 0.4) is 0 Å². The maximum Gasteiger partial charge on any atom is 0.190 e. The van der Waals surface area contributed by atoms with Gasteiger partial charge in [-0.05, 0) is 26.0 Å². The summed E-state index contributed by atoms with van der Waals surface area (Å²) in [5.41, 5.74) is 1.65. The SMILES string of the molecule is COC[C@H](C)n1c(C)csc1=Nc1ccc(Cl)c(F)c1. The van der Waals surface area contributed by atoms with E-state index in [1.54, 1.807) is 13.2 Å². The second kappa shape index (κ2) is 6.52. The number of aryl methyl sites for hydroxylation is 1. The Labute approximate surface area is 126 Å². The van der Waals surface area contributed by atoms with E-state index in [9.17, 15) is 4.39 Å². The normalized spacial score (nSPS) is 13.8.